The molecule has 3 N–H and O–H groups in total. The van der Waals surface area contributed by atoms with Gasteiger partial charge < -0.3 is 20.5 Å². The molecule has 0 unspecified atom stereocenters. The van der Waals surface area contributed by atoms with Crippen LogP contribution in [0.1, 0.15) is 46.9 Å². The van der Waals surface area contributed by atoms with E-state index >= 15 is 0 Å². The predicted octanol–water partition coefficient (Wildman–Crippen LogP) is 4.15. The molecular weight excluding hydrogens is 589 g/mol. The summed E-state index contributed by atoms with van der Waals surface area (Å²) in [6, 6.07) is 8.19. The lowest BCUT2D eigenvalue weighted by molar-refractivity contribution is -0.137. The number of amides is 2. The zero-order chi connectivity index (χ0) is 31.9. The number of benzene rings is 1. The van der Waals surface area contributed by atoms with Gasteiger partial charge in [-0.25, -0.2) is 9.50 Å². The summed E-state index contributed by atoms with van der Waals surface area (Å²) in [5.41, 5.74) is 0.270. The Bertz CT molecular complexity index is 1820. The molecule has 0 spiro atoms. The van der Waals surface area contributed by atoms with Crippen molar-refractivity contribution in [2.24, 2.45) is 5.92 Å². The number of rotatable bonds is 8. The van der Waals surface area contributed by atoms with Gasteiger partial charge in [-0.15, -0.1) is 0 Å². The van der Waals surface area contributed by atoms with Crippen LogP contribution in [-0.2, 0) is 17.5 Å². The lowest BCUT2D eigenvalue weighted by Gasteiger charge is -2.34. The zero-order valence-electron chi connectivity index (χ0n) is 24.9. The summed E-state index contributed by atoms with van der Waals surface area (Å²) in [7, 11) is 0. The van der Waals surface area contributed by atoms with Gasteiger partial charge in [-0.3, -0.25) is 19.3 Å². The number of fused-ring (bicyclic) bond motifs is 1. The molecule has 1 aromatic carbocycles. The molecule has 1 aliphatic heterocycles. The Morgan fingerprint density at radius 3 is 2.44 bits per heavy atom. The second-order valence-electron chi connectivity index (χ2n) is 11.5. The summed E-state index contributed by atoms with van der Waals surface area (Å²) < 4.78 is 43.0. The van der Waals surface area contributed by atoms with Gasteiger partial charge in [0.1, 0.15) is 5.56 Å². The Kier molecular flexibility index (Phi) is 8.18. The molecule has 14 heteroatoms. The van der Waals surface area contributed by atoms with Gasteiger partial charge >= 0.3 is 6.18 Å². The fraction of sp³-hybridized carbons (Fsp3) is 0.387. The first-order valence-electron chi connectivity index (χ1n) is 14.9. The molecule has 2 amide bonds. The third-order valence-corrected chi connectivity index (χ3v) is 8.17. The van der Waals surface area contributed by atoms with Crippen LogP contribution < -0.4 is 16.2 Å². The second-order valence-corrected chi connectivity index (χ2v) is 11.5. The van der Waals surface area contributed by atoms with E-state index in [1.165, 1.54) is 16.6 Å². The summed E-state index contributed by atoms with van der Waals surface area (Å²) in [6.07, 6.45) is -1.34. The van der Waals surface area contributed by atoms with Gasteiger partial charge in [0.2, 0.25) is 5.91 Å². The van der Waals surface area contributed by atoms with E-state index in [1.807, 2.05) is 0 Å². The highest BCUT2D eigenvalue weighted by molar-refractivity contribution is 6.04. The Morgan fingerprint density at radius 1 is 1.02 bits per heavy atom. The number of pyridine rings is 1. The average Bonchev–Trinajstić information content (AvgIpc) is 3.77. The number of aromatic nitrogens is 4. The van der Waals surface area contributed by atoms with Crippen molar-refractivity contribution >= 4 is 29.0 Å². The third-order valence-electron chi connectivity index (χ3n) is 8.17. The number of carbonyl (C=O) groups is 2. The highest BCUT2D eigenvalue weighted by atomic mass is 19.4. The largest absolute Gasteiger partial charge is 0.416 e. The van der Waals surface area contributed by atoms with Crippen LogP contribution in [0.4, 0.5) is 24.7 Å². The number of hydrogen-bond donors (Lipinski definition) is 3. The van der Waals surface area contributed by atoms with Crippen LogP contribution in [0, 0.1) is 12.8 Å². The van der Waals surface area contributed by atoms with Crippen molar-refractivity contribution in [2.45, 2.75) is 39.4 Å². The summed E-state index contributed by atoms with van der Waals surface area (Å²) in [5.74, 6) is -0.573. The molecule has 2 fully saturated rings. The topological polar surface area (TPSA) is 128 Å². The van der Waals surface area contributed by atoms with Crippen LogP contribution >= 0.6 is 0 Å². The van der Waals surface area contributed by atoms with Crippen molar-refractivity contribution in [2.75, 3.05) is 43.4 Å². The molecule has 0 atom stereocenters. The quantitative estimate of drug-likeness (QED) is 0.270. The summed E-state index contributed by atoms with van der Waals surface area (Å²) in [4.78, 5) is 49.7. The van der Waals surface area contributed by atoms with E-state index in [4.69, 9.17) is 0 Å². The molecule has 45 heavy (non-hydrogen) atoms. The number of halogens is 3. The smallest absolute Gasteiger partial charge is 0.325 e. The Hall–Kier alpha value is -4.56. The summed E-state index contributed by atoms with van der Waals surface area (Å²) in [5, 5.41) is 9.82. The van der Waals surface area contributed by atoms with E-state index in [2.05, 4.69) is 42.4 Å². The Balaban J connectivity index is 1.25. The highest BCUT2D eigenvalue weighted by Crippen LogP contribution is 2.33. The molecule has 11 nitrogen and oxygen atoms in total. The van der Waals surface area contributed by atoms with Crippen LogP contribution in [0.25, 0.3) is 16.9 Å². The molecule has 1 saturated heterocycles. The Labute approximate surface area is 256 Å². The number of likely N-dealkylation sites (N-methyl/N-ethyl adjacent to an activating group) is 1. The van der Waals surface area contributed by atoms with Crippen LogP contribution in [-0.4, -0.2) is 73.9 Å². The number of carbonyl (C=O) groups excluding carboxylic acids is 2. The van der Waals surface area contributed by atoms with Gasteiger partial charge in [-0.2, -0.15) is 18.3 Å². The zero-order valence-corrected chi connectivity index (χ0v) is 24.9. The number of aromatic amines is 1. The normalized spacial score (nSPS) is 16.2. The lowest BCUT2D eigenvalue weighted by Crippen LogP contribution is -2.45. The maximum absolute atomic E-state index is 13.8. The number of hydrogen-bond acceptors (Lipinski definition) is 7. The highest BCUT2D eigenvalue weighted by Gasteiger charge is 2.32. The molecule has 2 aliphatic rings. The summed E-state index contributed by atoms with van der Waals surface area (Å²) in [6.45, 7) is 8.06. The number of nitrogens with zero attached hydrogens (tertiary/aromatic N) is 5. The molecule has 3 aromatic heterocycles. The van der Waals surface area contributed by atoms with Crippen molar-refractivity contribution < 1.29 is 22.8 Å². The minimum atomic E-state index is -4.62. The van der Waals surface area contributed by atoms with Crippen molar-refractivity contribution in [1.29, 1.82) is 0 Å². The van der Waals surface area contributed by atoms with E-state index in [9.17, 15) is 27.6 Å². The van der Waals surface area contributed by atoms with Crippen LogP contribution in [0.2, 0.25) is 0 Å². The minimum Gasteiger partial charge on any atom is -0.325 e. The standard InChI is InChI=1S/C31H33F3N8O3/c1-3-40-8-10-41(11-9-40)16-19-12-21(31(32,33)34)14-22(13-19)36-30(45)24-15-23(18(2)35-29(24)44)25-6-7-27-37-26(17-42(27)39-25)38-28(43)20-4-5-20/h6-7,12-15,17,20H,3-5,8-11,16H2,1-2H3,(H,35,44)(H,36,45)(H,38,43). The van der Waals surface area contributed by atoms with E-state index in [-0.39, 0.29) is 23.1 Å². The molecule has 4 heterocycles. The average molecular weight is 623 g/mol. The van der Waals surface area contributed by atoms with Crippen LogP contribution in [0.3, 0.4) is 0 Å². The van der Waals surface area contributed by atoms with Gasteiger partial charge in [0, 0.05) is 55.6 Å². The fourth-order valence-corrected chi connectivity index (χ4v) is 5.46. The molecular formula is C31H33F3N8O3. The lowest BCUT2D eigenvalue weighted by atomic mass is 10.1. The first-order chi connectivity index (χ1) is 21.5. The molecule has 0 radical (unpaired) electrons. The number of alkyl halides is 3. The number of piperazine rings is 1. The molecule has 0 bridgehead atoms. The number of H-pyrrole nitrogens is 1. The van der Waals surface area contributed by atoms with Crippen LogP contribution in [0.15, 0.2) is 47.4 Å². The van der Waals surface area contributed by atoms with Gasteiger partial charge in [-0.1, -0.05) is 6.92 Å². The molecule has 4 aromatic rings. The van der Waals surface area contributed by atoms with Crippen molar-refractivity contribution in [3.05, 3.63) is 75.3 Å². The first kappa shape index (κ1) is 30.5. The van der Waals surface area contributed by atoms with Crippen molar-refractivity contribution in [3.8, 4) is 11.3 Å². The number of aryl methyl sites for hydroxylation is 1. The van der Waals surface area contributed by atoms with Gasteiger partial charge in [-0.05, 0) is 68.3 Å². The second kappa shape index (κ2) is 12.1. The minimum absolute atomic E-state index is 0.0101. The van der Waals surface area contributed by atoms with E-state index in [0.29, 0.717) is 40.5 Å². The fourth-order valence-electron chi connectivity index (χ4n) is 5.46. The monoisotopic (exact) mass is 622 g/mol. The third kappa shape index (κ3) is 6.91. The molecule has 1 saturated carbocycles. The van der Waals surface area contributed by atoms with Crippen LogP contribution in [0.5, 0.6) is 0 Å². The Morgan fingerprint density at radius 2 is 1.76 bits per heavy atom. The van der Waals surface area contributed by atoms with Gasteiger partial charge in [0.15, 0.2) is 11.5 Å². The van der Waals surface area contributed by atoms with E-state index in [1.54, 1.807) is 25.3 Å². The molecule has 236 valence electrons. The SMILES string of the molecule is CCN1CCN(Cc2cc(NC(=O)c3cc(-c4ccc5nc(NC(=O)C6CC6)cn5n4)c(C)[nH]c3=O)cc(C(F)(F)F)c2)CC1. The number of anilines is 2. The molecule has 1 aliphatic carbocycles. The maximum atomic E-state index is 13.8. The van der Waals surface area contributed by atoms with E-state index in [0.717, 1.165) is 57.7 Å². The van der Waals surface area contributed by atoms with Crippen molar-refractivity contribution in [1.82, 2.24) is 29.4 Å². The number of nitrogens with one attached hydrogen (secondary N) is 3. The maximum Gasteiger partial charge on any atom is 0.416 e. The van der Waals surface area contributed by atoms with Gasteiger partial charge in [0.05, 0.1) is 17.5 Å². The van der Waals surface area contributed by atoms with Gasteiger partial charge in [0.25, 0.3) is 11.5 Å². The summed E-state index contributed by atoms with van der Waals surface area (Å²) >= 11 is 0. The molecule has 6 rings (SSSR count). The van der Waals surface area contributed by atoms with Crippen molar-refractivity contribution in [3.63, 3.8) is 0 Å². The van der Waals surface area contributed by atoms with E-state index < -0.39 is 23.2 Å². The first-order valence-corrected chi connectivity index (χ1v) is 14.9. The number of imidazole rings is 1. The predicted molar refractivity (Wildman–Crippen MR) is 162 cm³/mol.